The van der Waals surface area contributed by atoms with E-state index in [2.05, 4.69) is 19.6 Å². The molecule has 0 aromatic carbocycles. The van der Waals surface area contributed by atoms with Crippen LogP contribution in [0.4, 0.5) is 0 Å². The fraction of sp³-hybridized carbons (Fsp3) is 1.00. The van der Waals surface area contributed by atoms with Gasteiger partial charge in [0.1, 0.15) is 0 Å². The van der Waals surface area contributed by atoms with Gasteiger partial charge in [-0.25, -0.2) is 0 Å². The molecular weight excluding hydrogens is 163 g/mol. The molecule has 62 valence electrons. The zero-order chi connectivity index (χ0) is 7.61. The Morgan fingerprint density at radius 1 is 1.27 bits per heavy atom. The van der Waals surface area contributed by atoms with Crippen LogP contribution in [0.1, 0.15) is 20.7 Å². The second kappa shape index (κ2) is 5.03. The molecule has 3 heteroatoms. The summed E-state index contributed by atoms with van der Waals surface area (Å²) >= 11 is 0. The van der Waals surface area contributed by atoms with Gasteiger partial charge in [-0.3, -0.25) is 0 Å². The minimum atomic E-state index is -0.979. The second-order valence-corrected chi connectivity index (χ2v) is 9.60. The Kier molecular flexibility index (Phi) is 5.56. The number of rotatable bonds is 1. The van der Waals surface area contributed by atoms with E-state index in [1.165, 1.54) is 19.3 Å². The molecule has 0 bridgehead atoms. The van der Waals surface area contributed by atoms with E-state index in [-0.39, 0.29) is 31.0 Å². The fourth-order valence-electron chi connectivity index (χ4n) is 1.42. The van der Waals surface area contributed by atoms with Crippen molar-refractivity contribution in [2.75, 3.05) is 6.61 Å². The third-order valence-electron chi connectivity index (χ3n) is 2.15. The Balaban J connectivity index is 0. The van der Waals surface area contributed by atoms with E-state index in [9.17, 15) is 0 Å². The van der Waals surface area contributed by atoms with Gasteiger partial charge in [-0.15, -0.1) is 0 Å². The monoisotopic (exact) mass is 182 g/mol. The largest absolute Gasteiger partial charge is 1.00 e. The summed E-state index contributed by atoms with van der Waals surface area (Å²) in [6.45, 7) is 8.18. The first kappa shape index (κ1) is 12.2. The van der Waals surface area contributed by atoms with Gasteiger partial charge in [-0.1, -0.05) is 19.6 Å². The third kappa shape index (κ3) is 4.09. The number of hydrogen-bond donors (Lipinski definition) is 0. The van der Waals surface area contributed by atoms with E-state index >= 15 is 0 Å². The van der Waals surface area contributed by atoms with E-state index in [4.69, 9.17) is 4.74 Å². The smallest absolute Gasteiger partial charge is 1.00 e. The molecule has 0 aromatic rings. The molecule has 1 aliphatic rings. The normalized spacial score (nSPS) is 25.9. The molecule has 0 aliphatic carbocycles. The molecule has 0 radical (unpaired) electrons. The summed E-state index contributed by atoms with van der Waals surface area (Å²) in [5.41, 5.74) is 0.640. The maximum absolute atomic E-state index is 5.70. The Labute approximate surface area is 94.7 Å². The van der Waals surface area contributed by atoms with Crippen molar-refractivity contribution in [3.8, 4) is 0 Å². The van der Waals surface area contributed by atoms with Crippen LogP contribution in [0.25, 0.3) is 0 Å². The van der Waals surface area contributed by atoms with Crippen LogP contribution in [0.5, 0.6) is 0 Å². The SMILES string of the molecule is C[Si](C)(C)C1CCCCO1.[H-].[Na+]. The molecule has 1 rings (SSSR count). The van der Waals surface area contributed by atoms with E-state index in [0.717, 1.165) is 6.61 Å². The molecule has 1 heterocycles. The zero-order valence-corrected chi connectivity index (χ0v) is 11.3. The Hall–Kier alpha value is 1.18. The molecule has 1 nitrogen and oxygen atoms in total. The standard InChI is InChI=1S/C8H18OSi.Na.H/c1-10(2,3)8-6-4-5-7-9-8;;/h8H,4-7H2,1-3H3;;/q;+1;-1. The predicted molar refractivity (Wildman–Crippen MR) is 48.0 cm³/mol. The molecule has 0 aromatic heterocycles. The first-order valence-corrected chi connectivity index (χ1v) is 7.80. The van der Waals surface area contributed by atoms with Gasteiger partial charge in [-0.2, -0.15) is 0 Å². The summed E-state index contributed by atoms with van der Waals surface area (Å²) < 4.78 is 5.70. The van der Waals surface area contributed by atoms with Gasteiger partial charge in [0, 0.05) is 12.3 Å². The molecule has 11 heavy (non-hydrogen) atoms. The molecule has 0 saturated carbocycles. The molecule has 1 aliphatic heterocycles. The Bertz CT molecular complexity index is 110. The molecule has 1 fully saturated rings. The van der Waals surface area contributed by atoms with Crippen LogP contribution in [-0.2, 0) is 4.74 Å². The van der Waals surface area contributed by atoms with Crippen LogP contribution in [0, 0.1) is 0 Å². The average molecular weight is 182 g/mol. The van der Waals surface area contributed by atoms with Crippen molar-refractivity contribution in [3.05, 3.63) is 0 Å². The summed E-state index contributed by atoms with van der Waals surface area (Å²) in [6.07, 6.45) is 3.98. The number of hydrogen-bond acceptors (Lipinski definition) is 1. The molecular formula is C8H19NaOSi. The van der Waals surface area contributed by atoms with E-state index in [0.29, 0.717) is 5.73 Å². The van der Waals surface area contributed by atoms with Gasteiger partial charge in [0.25, 0.3) is 0 Å². The minimum absolute atomic E-state index is 0. The Morgan fingerprint density at radius 2 is 1.91 bits per heavy atom. The zero-order valence-electron chi connectivity index (χ0n) is 9.31. The topological polar surface area (TPSA) is 9.23 Å². The third-order valence-corrected chi connectivity index (χ3v) is 4.53. The fourth-order valence-corrected chi connectivity index (χ4v) is 3.11. The predicted octanol–water partition coefficient (Wildman–Crippen LogP) is -0.451. The molecule has 1 unspecified atom stereocenters. The Morgan fingerprint density at radius 3 is 2.18 bits per heavy atom. The molecule has 0 N–H and O–H groups in total. The van der Waals surface area contributed by atoms with Crippen LogP contribution in [-0.4, -0.2) is 20.4 Å². The van der Waals surface area contributed by atoms with Crippen LogP contribution in [0.15, 0.2) is 0 Å². The quantitative estimate of drug-likeness (QED) is 0.499. The molecule has 1 atom stereocenters. The van der Waals surface area contributed by atoms with Crippen molar-refractivity contribution in [1.82, 2.24) is 0 Å². The maximum atomic E-state index is 5.70. The molecule has 0 amide bonds. The van der Waals surface area contributed by atoms with E-state index in [1.807, 2.05) is 0 Å². The second-order valence-electron chi connectivity index (χ2n) is 4.22. The van der Waals surface area contributed by atoms with E-state index in [1.54, 1.807) is 0 Å². The minimum Gasteiger partial charge on any atom is -1.00 e. The van der Waals surface area contributed by atoms with Gasteiger partial charge >= 0.3 is 29.6 Å². The molecule has 0 spiro atoms. The maximum Gasteiger partial charge on any atom is 1.00 e. The van der Waals surface area contributed by atoms with Crippen molar-refractivity contribution in [2.45, 2.75) is 44.6 Å². The van der Waals surface area contributed by atoms with Gasteiger partial charge in [0.2, 0.25) is 0 Å². The summed E-state index contributed by atoms with van der Waals surface area (Å²) in [5.74, 6) is 0. The first-order valence-electron chi connectivity index (χ1n) is 4.22. The summed E-state index contributed by atoms with van der Waals surface area (Å²) in [7, 11) is -0.979. The van der Waals surface area contributed by atoms with Gasteiger partial charge < -0.3 is 6.16 Å². The van der Waals surface area contributed by atoms with Gasteiger partial charge in [0.15, 0.2) is 0 Å². The van der Waals surface area contributed by atoms with Crippen molar-refractivity contribution in [2.24, 2.45) is 0 Å². The summed E-state index contributed by atoms with van der Waals surface area (Å²) in [5, 5.41) is 0. The van der Waals surface area contributed by atoms with Crippen molar-refractivity contribution < 1.29 is 35.7 Å². The summed E-state index contributed by atoms with van der Waals surface area (Å²) in [6, 6.07) is 0. The van der Waals surface area contributed by atoms with Crippen molar-refractivity contribution in [1.29, 1.82) is 0 Å². The van der Waals surface area contributed by atoms with Crippen LogP contribution < -0.4 is 29.6 Å². The van der Waals surface area contributed by atoms with E-state index < -0.39 is 8.07 Å². The summed E-state index contributed by atoms with van der Waals surface area (Å²) in [4.78, 5) is 0. The van der Waals surface area contributed by atoms with Crippen molar-refractivity contribution in [3.63, 3.8) is 0 Å². The van der Waals surface area contributed by atoms with Crippen LogP contribution >= 0.6 is 0 Å². The molecule has 1 saturated heterocycles. The van der Waals surface area contributed by atoms with Crippen molar-refractivity contribution >= 4 is 8.07 Å². The average Bonchev–Trinajstić information content (AvgIpc) is 1.88. The van der Waals surface area contributed by atoms with Gasteiger partial charge in [-0.05, 0) is 19.3 Å². The van der Waals surface area contributed by atoms with Gasteiger partial charge in [0.05, 0.1) is 8.07 Å². The van der Waals surface area contributed by atoms with Crippen LogP contribution in [0.2, 0.25) is 19.6 Å². The van der Waals surface area contributed by atoms with Crippen LogP contribution in [0.3, 0.4) is 0 Å². The first-order chi connectivity index (χ1) is 4.61. The number of ether oxygens (including phenoxy) is 1.